The largest absolute Gasteiger partial charge is 0.477 e. The molecule has 7 nitrogen and oxygen atoms in total. The maximum atomic E-state index is 12.1. The van der Waals surface area contributed by atoms with E-state index in [1.165, 1.54) is 16.7 Å². The average Bonchev–Trinajstić information content (AvgIpc) is 3.02. The molecule has 2 saturated heterocycles. The molecule has 23 heavy (non-hydrogen) atoms. The van der Waals surface area contributed by atoms with E-state index in [1.807, 2.05) is 0 Å². The lowest BCUT2D eigenvalue weighted by molar-refractivity contribution is -0.161. The van der Waals surface area contributed by atoms with Crippen molar-refractivity contribution in [2.45, 2.75) is 49.6 Å². The summed E-state index contributed by atoms with van der Waals surface area (Å²) in [6, 6.07) is 2.05. The van der Waals surface area contributed by atoms with Crippen LogP contribution in [0.15, 0.2) is 10.6 Å². The molecule has 0 spiro atoms. The molecule has 124 valence electrons. The van der Waals surface area contributed by atoms with Crippen LogP contribution in [-0.2, 0) is 9.59 Å². The van der Waals surface area contributed by atoms with Crippen LogP contribution in [0.2, 0.25) is 0 Å². The lowest BCUT2D eigenvalue weighted by atomic mass is 9.83. The first-order chi connectivity index (χ1) is 10.9. The fourth-order valence-corrected chi connectivity index (χ4v) is 5.15. The number of aliphatic carboxylic acids is 1. The standard InChI is InChI=1S/C15H19N3O4S/c1-7(19)12-10-5-11(13(15(21)22)18(10)14(12)20)23-9-4-8(2-3-16)17-6-9/h7-10,12,17,19H,2,4-6H2,1H3,(H,21,22)/t7-,8-,9+,10-,12-/m1/s1. The van der Waals surface area contributed by atoms with Crippen molar-refractivity contribution in [2.24, 2.45) is 5.92 Å². The molecule has 3 heterocycles. The smallest absolute Gasteiger partial charge is 0.353 e. The summed E-state index contributed by atoms with van der Waals surface area (Å²) in [7, 11) is 0. The van der Waals surface area contributed by atoms with Gasteiger partial charge in [0.15, 0.2) is 0 Å². The molecule has 3 N–H and O–H groups in total. The van der Waals surface area contributed by atoms with Crippen molar-refractivity contribution >= 4 is 23.6 Å². The van der Waals surface area contributed by atoms with Gasteiger partial charge in [-0.2, -0.15) is 5.26 Å². The predicted octanol–water partition coefficient (Wildman–Crippen LogP) is 0.271. The highest BCUT2D eigenvalue weighted by Crippen LogP contribution is 2.48. The number of fused-ring (bicyclic) bond motifs is 1. The number of thioether (sulfide) groups is 1. The first kappa shape index (κ1) is 16.3. The normalized spacial score (nSPS) is 34.1. The van der Waals surface area contributed by atoms with E-state index in [0.29, 0.717) is 17.7 Å². The molecule has 5 atom stereocenters. The summed E-state index contributed by atoms with van der Waals surface area (Å²) in [6.45, 7) is 2.30. The van der Waals surface area contributed by atoms with Gasteiger partial charge in [0, 0.05) is 29.2 Å². The Morgan fingerprint density at radius 1 is 1.61 bits per heavy atom. The van der Waals surface area contributed by atoms with Gasteiger partial charge in [-0.3, -0.25) is 4.79 Å². The third-order valence-corrected chi connectivity index (χ3v) is 6.06. The van der Waals surface area contributed by atoms with Crippen LogP contribution in [0.5, 0.6) is 0 Å². The van der Waals surface area contributed by atoms with Crippen molar-refractivity contribution in [2.75, 3.05) is 6.54 Å². The van der Waals surface area contributed by atoms with Crippen LogP contribution in [0.25, 0.3) is 0 Å². The Morgan fingerprint density at radius 3 is 2.96 bits per heavy atom. The molecule has 8 heteroatoms. The number of carbonyl (C=O) groups is 2. The highest BCUT2D eigenvalue weighted by atomic mass is 32.2. The van der Waals surface area contributed by atoms with E-state index in [1.54, 1.807) is 6.92 Å². The molecule has 3 rings (SSSR count). The van der Waals surface area contributed by atoms with E-state index in [9.17, 15) is 19.8 Å². The first-order valence-electron chi connectivity index (χ1n) is 7.68. The summed E-state index contributed by atoms with van der Waals surface area (Å²) >= 11 is 1.50. The summed E-state index contributed by atoms with van der Waals surface area (Å²) in [5.74, 6) is -1.90. The van der Waals surface area contributed by atoms with Gasteiger partial charge in [-0.25, -0.2) is 4.79 Å². The van der Waals surface area contributed by atoms with Crippen LogP contribution in [0.4, 0.5) is 0 Å². The minimum absolute atomic E-state index is 0.0747. The second-order valence-electron chi connectivity index (χ2n) is 6.27. The van der Waals surface area contributed by atoms with Crippen molar-refractivity contribution < 1.29 is 19.8 Å². The van der Waals surface area contributed by atoms with Crippen molar-refractivity contribution in [3.63, 3.8) is 0 Å². The van der Waals surface area contributed by atoms with Gasteiger partial charge >= 0.3 is 5.97 Å². The molecular weight excluding hydrogens is 318 g/mol. The summed E-state index contributed by atoms with van der Waals surface area (Å²) in [4.78, 5) is 25.8. The Morgan fingerprint density at radius 2 is 2.35 bits per heavy atom. The lowest BCUT2D eigenvalue weighted by Crippen LogP contribution is -2.61. The number of carboxylic acids is 1. The number of aliphatic hydroxyl groups excluding tert-OH is 1. The number of hydrogen-bond acceptors (Lipinski definition) is 6. The SMILES string of the molecule is C[C@@H](O)[C@H]1C(=O)N2C(C(=O)O)=C(S[C@@H]3CN[C@H](CC#N)C3)C[C@H]12. The number of aliphatic hydroxyl groups is 1. The highest BCUT2D eigenvalue weighted by molar-refractivity contribution is 8.03. The quantitative estimate of drug-likeness (QED) is 0.617. The molecule has 0 radical (unpaired) electrons. The fourth-order valence-electron chi connectivity index (χ4n) is 3.68. The van der Waals surface area contributed by atoms with Crippen LogP contribution in [-0.4, -0.2) is 57.0 Å². The number of carboxylic acid groups (broad SMARTS) is 1. The lowest BCUT2D eigenvalue weighted by Gasteiger charge is -2.44. The first-order valence-corrected chi connectivity index (χ1v) is 8.56. The van der Waals surface area contributed by atoms with Crippen LogP contribution >= 0.6 is 11.8 Å². The Hall–Kier alpha value is -1.56. The minimum atomic E-state index is -1.09. The summed E-state index contributed by atoms with van der Waals surface area (Å²) in [5.41, 5.74) is 0.0747. The van der Waals surface area contributed by atoms with Crippen molar-refractivity contribution in [1.82, 2.24) is 10.2 Å². The zero-order valence-corrected chi connectivity index (χ0v) is 13.5. The molecule has 0 aromatic heterocycles. The van der Waals surface area contributed by atoms with Crippen molar-refractivity contribution in [3.8, 4) is 6.07 Å². The molecule has 1 amide bonds. The minimum Gasteiger partial charge on any atom is -0.477 e. The van der Waals surface area contributed by atoms with E-state index >= 15 is 0 Å². The highest BCUT2D eigenvalue weighted by Gasteiger charge is 2.57. The van der Waals surface area contributed by atoms with Gasteiger partial charge in [0.05, 0.1) is 30.6 Å². The Bertz CT molecular complexity index is 612. The third kappa shape index (κ3) is 2.73. The van der Waals surface area contributed by atoms with E-state index in [2.05, 4.69) is 11.4 Å². The maximum Gasteiger partial charge on any atom is 0.353 e. The maximum absolute atomic E-state index is 12.1. The van der Waals surface area contributed by atoms with Crippen LogP contribution in [0.1, 0.15) is 26.2 Å². The number of rotatable bonds is 5. The number of nitriles is 1. The van der Waals surface area contributed by atoms with Gasteiger partial charge in [0.2, 0.25) is 5.91 Å². The summed E-state index contributed by atoms with van der Waals surface area (Å²) in [6.07, 6.45) is 0.982. The number of nitrogens with zero attached hydrogens (tertiary/aromatic N) is 2. The van der Waals surface area contributed by atoms with Gasteiger partial charge < -0.3 is 20.4 Å². The molecule has 3 aliphatic heterocycles. The van der Waals surface area contributed by atoms with Gasteiger partial charge in [0.25, 0.3) is 0 Å². The van der Waals surface area contributed by atoms with Crippen LogP contribution in [0.3, 0.4) is 0 Å². The van der Waals surface area contributed by atoms with Gasteiger partial charge in [0.1, 0.15) is 5.70 Å². The Kier molecular flexibility index (Phi) is 4.36. The van der Waals surface area contributed by atoms with E-state index in [0.717, 1.165) is 13.0 Å². The van der Waals surface area contributed by atoms with E-state index in [4.69, 9.17) is 5.26 Å². The molecular formula is C15H19N3O4S. The van der Waals surface area contributed by atoms with E-state index < -0.39 is 18.0 Å². The molecule has 0 bridgehead atoms. The number of hydrogen-bond donors (Lipinski definition) is 3. The predicted molar refractivity (Wildman–Crippen MR) is 83.1 cm³/mol. The van der Waals surface area contributed by atoms with Gasteiger partial charge in [-0.1, -0.05) is 0 Å². The fraction of sp³-hybridized carbons (Fsp3) is 0.667. The van der Waals surface area contributed by atoms with Crippen LogP contribution < -0.4 is 5.32 Å². The topological polar surface area (TPSA) is 114 Å². The molecule has 0 aliphatic carbocycles. The zero-order chi connectivity index (χ0) is 16.7. The van der Waals surface area contributed by atoms with Gasteiger partial charge in [-0.15, -0.1) is 11.8 Å². The van der Waals surface area contributed by atoms with Crippen molar-refractivity contribution in [3.05, 3.63) is 10.6 Å². The second-order valence-corrected chi connectivity index (χ2v) is 7.66. The van der Waals surface area contributed by atoms with Crippen molar-refractivity contribution in [1.29, 1.82) is 5.26 Å². The summed E-state index contributed by atoms with van der Waals surface area (Å²) in [5, 5.41) is 31.4. The monoisotopic (exact) mass is 337 g/mol. The van der Waals surface area contributed by atoms with E-state index in [-0.39, 0.29) is 28.9 Å². The third-order valence-electron chi connectivity index (χ3n) is 4.72. The molecule has 0 unspecified atom stereocenters. The average molecular weight is 337 g/mol. The molecule has 0 aromatic carbocycles. The molecule has 2 fully saturated rings. The zero-order valence-electron chi connectivity index (χ0n) is 12.7. The Balaban J connectivity index is 1.73. The molecule has 0 saturated carbocycles. The summed E-state index contributed by atoms with van der Waals surface area (Å²) < 4.78 is 0. The molecule has 3 aliphatic rings. The molecule has 0 aromatic rings. The van der Waals surface area contributed by atoms with Gasteiger partial charge in [-0.05, 0) is 13.3 Å². The second kappa shape index (κ2) is 6.15. The number of β-lactam (4-membered cyclic amide) rings is 1. The number of amides is 1. The Labute approximate surface area is 138 Å². The van der Waals surface area contributed by atoms with Crippen LogP contribution in [0, 0.1) is 17.2 Å². The number of nitrogens with one attached hydrogen (secondary N) is 1. The number of carbonyl (C=O) groups excluding carboxylic acids is 1.